The third kappa shape index (κ3) is 5.41. The van der Waals surface area contributed by atoms with Crippen LogP contribution in [0.2, 0.25) is 0 Å². The van der Waals surface area contributed by atoms with E-state index in [1.54, 1.807) is 30.6 Å². The molecule has 0 radical (unpaired) electrons. The molecule has 0 bridgehead atoms. The van der Waals surface area contributed by atoms with Gasteiger partial charge < -0.3 is 11.1 Å². The highest BCUT2D eigenvalue weighted by Crippen LogP contribution is 2.31. The second-order valence-corrected chi connectivity index (χ2v) is 10.5. The topological polar surface area (TPSA) is 165 Å². The molecule has 0 aliphatic carbocycles. The van der Waals surface area contributed by atoms with Crippen molar-refractivity contribution in [2.24, 2.45) is 6.98 Å². The Labute approximate surface area is 257 Å². The zero-order valence-corrected chi connectivity index (χ0v) is 23.5. The van der Waals surface area contributed by atoms with Crippen molar-refractivity contribution in [1.82, 2.24) is 49.4 Å². The number of nitrogens with zero attached hydrogens (tertiary/aromatic N) is 11. The Morgan fingerprint density at radius 2 is 1.86 bits per heavy atom. The number of aryl methyl sites for hydroxylation is 1. The smallest absolute Gasteiger partial charge is 0.234 e. The van der Waals surface area contributed by atoms with Crippen molar-refractivity contribution in [3.8, 4) is 34.5 Å². The van der Waals surface area contributed by atoms with Crippen LogP contribution in [-0.4, -0.2) is 68.5 Å². The molecule has 1 fully saturated rings. The van der Waals surface area contributed by atoms with Crippen LogP contribution in [0.1, 0.15) is 28.3 Å². The minimum absolute atomic E-state index is 0.159. The van der Waals surface area contributed by atoms with Gasteiger partial charge in [-0.2, -0.15) is 20.3 Å². The Morgan fingerprint density at radius 1 is 1.00 bits per heavy atom. The average molecular weight is 587 g/mol. The molecule has 5 aromatic heterocycles. The van der Waals surface area contributed by atoms with E-state index in [4.69, 9.17) is 25.1 Å². The number of hydrogen-bond acceptors (Lipinski definition) is 11. The summed E-state index contributed by atoms with van der Waals surface area (Å²) in [6.07, 6.45) is 6.52. The summed E-state index contributed by atoms with van der Waals surface area (Å²) in [5.74, 6) is 1.75. The zero-order chi connectivity index (χ0) is 32.5. The lowest BCUT2D eigenvalue weighted by Gasteiger charge is -2.32. The molecule has 0 saturated carbocycles. The summed E-state index contributed by atoms with van der Waals surface area (Å²) in [7, 11) is 0. The summed E-state index contributed by atoms with van der Waals surface area (Å²) in [5, 5.41) is 20.5. The summed E-state index contributed by atoms with van der Waals surface area (Å²) < 4.78 is 24.7. The van der Waals surface area contributed by atoms with E-state index < -0.39 is 6.98 Å². The predicted molar refractivity (Wildman–Crippen MR) is 165 cm³/mol. The lowest BCUT2D eigenvalue weighted by atomic mass is 10.0. The van der Waals surface area contributed by atoms with Gasteiger partial charge in [-0.15, -0.1) is 0 Å². The van der Waals surface area contributed by atoms with Gasteiger partial charge in [0.2, 0.25) is 5.82 Å². The Balaban J connectivity index is 1.14. The van der Waals surface area contributed by atoms with Gasteiger partial charge in [0.1, 0.15) is 28.9 Å². The number of likely N-dealkylation sites (tertiary alicyclic amines) is 1. The largest absolute Gasteiger partial charge is 0.383 e. The van der Waals surface area contributed by atoms with Crippen molar-refractivity contribution >= 4 is 22.8 Å². The Bertz CT molecular complexity index is 2090. The van der Waals surface area contributed by atoms with Crippen LogP contribution in [0.15, 0.2) is 73.2 Å². The maximum absolute atomic E-state index is 9.07. The van der Waals surface area contributed by atoms with Crippen molar-refractivity contribution in [2.75, 3.05) is 24.1 Å². The molecule has 1 aliphatic heterocycles. The highest BCUT2D eigenvalue weighted by Gasteiger charge is 2.21. The third-order valence-corrected chi connectivity index (χ3v) is 7.63. The van der Waals surface area contributed by atoms with Gasteiger partial charge in [0.05, 0.1) is 17.5 Å². The Kier molecular flexibility index (Phi) is 6.22. The van der Waals surface area contributed by atoms with Gasteiger partial charge in [-0.25, -0.2) is 24.9 Å². The van der Waals surface area contributed by atoms with Crippen LogP contribution in [0.4, 0.5) is 11.6 Å². The summed E-state index contributed by atoms with van der Waals surface area (Å²) in [5.41, 5.74) is 10.9. The first-order chi connectivity index (χ1) is 22.7. The standard InChI is InChI=1S/C31H29N13/c1-42-36-18-26(41-42)24-8-9-25-31(38-24)44(30(39-25)23-3-2-13-35-29(23)33)22-6-4-20(5-7-22)19-43-15-11-21(12-16-43)37-27-10-14-34-28(17-32)40-27/h2-10,13-14,18,21H,11-12,15-16,19H2,1H3,(H2,33,35)(H,34,37,40)/i1D3. The van der Waals surface area contributed by atoms with Gasteiger partial charge in [0.25, 0.3) is 0 Å². The maximum Gasteiger partial charge on any atom is 0.234 e. The van der Waals surface area contributed by atoms with Crippen molar-refractivity contribution in [2.45, 2.75) is 25.4 Å². The molecule has 13 heteroatoms. The Morgan fingerprint density at radius 3 is 2.64 bits per heavy atom. The monoisotopic (exact) mass is 586 g/mol. The first-order valence-corrected chi connectivity index (χ1v) is 14.1. The molecule has 6 heterocycles. The Hall–Kier alpha value is -5.74. The maximum atomic E-state index is 9.07. The van der Waals surface area contributed by atoms with E-state index in [9.17, 15) is 0 Å². The normalized spacial score (nSPS) is 15.4. The number of nitrogens with two attached hydrogens (primary N) is 1. The zero-order valence-electron chi connectivity index (χ0n) is 26.5. The molecule has 218 valence electrons. The SMILES string of the molecule is [2H]C([2H])([2H])n1ncc(-c2ccc3nc(-c4cccnc4N)n(-c4ccc(CN5CCC(Nc6ccnc(C#N)n6)CC5)cc4)c3n2)n1. The highest BCUT2D eigenvalue weighted by atomic mass is 15.4. The lowest BCUT2D eigenvalue weighted by molar-refractivity contribution is 0.211. The van der Waals surface area contributed by atoms with Gasteiger partial charge >= 0.3 is 0 Å². The number of pyridine rings is 2. The molecule has 0 spiro atoms. The van der Waals surface area contributed by atoms with E-state index in [2.05, 4.69) is 47.5 Å². The van der Waals surface area contributed by atoms with E-state index in [1.807, 2.05) is 34.9 Å². The van der Waals surface area contributed by atoms with Gasteiger partial charge in [0.15, 0.2) is 11.5 Å². The number of nitrogen functional groups attached to an aromatic ring is 1. The first kappa shape index (κ1) is 23.8. The first-order valence-electron chi connectivity index (χ1n) is 15.6. The van der Waals surface area contributed by atoms with E-state index in [0.717, 1.165) is 43.7 Å². The van der Waals surface area contributed by atoms with Crippen molar-refractivity contribution in [1.29, 1.82) is 5.26 Å². The number of nitrogens with one attached hydrogen (secondary N) is 1. The van der Waals surface area contributed by atoms with Gasteiger partial charge in [0, 0.05) is 54.8 Å². The molecular formula is C31H29N13. The second-order valence-electron chi connectivity index (χ2n) is 10.5. The van der Waals surface area contributed by atoms with Gasteiger partial charge in [-0.3, -0.25) is 9.47 Å². The number of aromatic nitrogens is 9. The summed E-state index contributed by atoms with van der Waals surface area (Å²) in [6, 6.07) is 19.5. The molecule has 1 aliphatic rings. The molecule has 1 saturated heterocycles. The minimum atomic E-state index is -2.50. The van der Waals surface area contributed by atoms with Gasteiger partial charge in [-0.1, -0.05) is 12.1 Å². The van der Waals surface area contributed by atoms with Crippen LogP contribution in [0.5, 0.6) is 0 Å². The van der Waals surface area contributed by atoms with E-state index >= 15 is 0 Å². The van der Waals surface area contributed by atoms with Crippen LogP contribution in [0.3, 0.4) is 0 Å². The molecule has 7 rings (SSSR count). The molecule has 1 aromatic carbocycles. The number of nitriles is 1. The molecule has 0 unspecified atom stereocenters. The molecule has 0 amide bonds. The number of imidazole rings is 1. The van der Waals surface area contributed by atoms with Gasteiger partial charge in [-0.05, 0) is 60.9 Å². The van der Waals surface area contributed by atoms with Crippen LogP contribution >= 0.6 is 0 Å². The average Bonchev–Trinajstić information content (AvgIpc) is 3.72. The summed E-state index contributed by atoms with van der Waals surface area (Å²) in [6.45, 7) is 0.147. The van der Waals surface area contributed by atoms with Crippen molar-refractivity contribution < 1.29 is 4.11 Å². The predicted octanol–water partition coefficient (Wildman–Crippen LogP) is 3.60. The van der Waals surface area contributed by atoms with E-state index in [-0.39, 0.29) is 11.9 Å². The molecular weight excluding hydrogens is 554 g/mol. The quantitative estimate of drug-likeness (QED) is 0.281. The number of anilines is 2. The highest BCUT2D eigenvalue weighted by molar-refractivity contribution is 5.84. The molecule has 3 N–H and O–H groups in total. The van der Waals surface area contributed by atoms with Crippen LogP contribution < -0.4 is 11.1 Å². The molecule has 13 nitrogen and oxygen atoms in total. The number of rotatable bonds is 7. The molecule has 0 atom stereocenters. The fourth-order valence-electron chi connectivity index (χ4n) is 5.46. The minimum Gasteiger partial charge on any atom is -0.383 e. The lowest BCUT2D eigenvalue weighted by Crippen LogP contribution is -2.38. The third-order valence-electron chi connectivity index (χ3n) is 7.63. The number of fused-ring (bicyclic) bond motifs is 1. The van der Waals surface area contributed by atoms with Crippen molar-refractivity contribution in [3.63, 3.8) is 0 Å². The summed E-state index contributed by atoms with van der Waals surface area (Å²) >= 11 is 0. The summed E-state index contributed by atoms with van der Waals surface area (Å²) in [4.78, 5) is 25.3. The van der Waals surface area contributed by atoms with Crippen LogP contribution in [0, 0.1) is 11.3 Å². The fraction of sp³-hybridized carbons (Fsp3) is 0.226. The second kappa shape index (κ2) is 11.5. The number of piperidine rings is 1. The molecule has 44 heavy (non-hydrogen) atoms. The van der Waals surface area contributed by atoms with E-state index in [1.165, 1.54) is 6.20 Å². The fourth-order valence-corrected chi connectivity index (χ4v) is 5.46. The van der Waals surface area contributed by atoms with Crippen molar-refractivity contribution in [3.05, 3.63) is 84.6 Å². The molecule has 6 aromatic rings. The van der Waals surface area contributed by atoms with E-state index in [0.29, 0.717) is 50.4 Å². The van der Waals surface area contributed by atoms with Crippen LogP contribution in [-0.2, 0) is 13.5 Å². The number of benzene rings is 1. The number of hydrogen-bond donors (Lipinski definition) is 2. The van der Waals surface area contributed by atoms with Crippen LogP contribution in [0.25, 0.3) is 39.6 Å².